The minimum Gasteiger partial charge on any atom is -0.339 e. The number of hydrogen-bond donors (Lipinski definition) is 0. The van der Waals surface area contributed by atoms with Crippen molar-refractivity contribution in [2.24, 2.45) is 0 Å². The smallest absolute Gasteiger partial charge is 0.282 e. The molecular formula is C20H30BrN3O3S. The van der Waals surface area contributed by atoms with Gasteiger partial charge in [-0.05, 0) is 30.5 Å². The Kier molecular flexibility index (Phi) is 6.84. The molecule has 0 N–H and O–H groups in total. The van der Waals surface area contributed by atoms with Gasteiger partial charge in [0.2, 0.25) is 5.91 Å². The number of piperazine rings is 1. The van der Waals surface area contributed by atoms with Crippen molar-refractivity contribution in [1.82, 2.24) is 13.5 Å². The lowest BCUT2D eigenvalue weighted by Gasteiger charge is -2.40. The lowest BCUT2D eigenvalue weighted by Crippen LogP contribution is -2.57. The zero-order valence-corrected chi connectivity index (χ0v) is 19.1. The van der Waals surface area contributed by atoms with E-state index in [9.17, 15) is 13.2 Å². The van der Waals surface area contributed by atoms with Gasteiger partial charge >= 0.3 is 0 Å². The van der Waals surface area contributed by atoms with Gasteiger partial charge in [-0.15, -0.1) is 0 Å². The highest BCUT2D eigenvalue weighted by molar-refractivity contribution is 9.10. The van der Waals surface area contributed by atoms with Gasteiger partial charge in [-0.25, -0.2) is 0 Å². The van der Waals surface area contributed by atoms with Crippen LogP contribution in [-0.2, 0) is 20.4 Å². The van der Waals surface area contributed by atoms with E-state index >= 15 is 0 Å². The van der Waals surface area contributed by atoms with Crippen LogP contribution >= 0.6 is 15.9 Å². The molecule has 3 rings (SSSR count). The summed E-state index contributed by atoms with van der Waals surface area (Å²) >= 11 is 3.47. The molecule has 1 saturated heterocycles. The van der Waals surface area contributed by atoms with Gasteiger partial charge in [0.15, 0.2) is 0 Å². The molecule has 2 aliphatic rings. The molecule has 0 aromatic heterocycles. The molecule has 1 aromatic rings. The predicted octanol–water partition coefficient (Wildman–Crippen LogP) is 2.99. The first-order valence-electron chi connectivity index (χ1n) is 10.2. The van der Waals surface area contributed by atoms with Crippen molar-refractivity contribution in [2.75, 3.05) is 39.3 Å². The Morgan fingerprint density at radius 2 is 1.57 bits per heavy atom. The van der Waals surface area contributed by atoms with E-state index in [0.29, 0.717) is 39.3 Å². The van der Waals surface area contributed by atoms with Gasteiger partial charge in [0, 0.05) is 43.7 Å². The number of benzene rings is 1. The first kappa shape index (κ1) is 21.7. The number of rotatable bonds is 6. The first-order chi connectivity index (χ1) is 13.3. The number of halogens is 1. The maximum atomic E-state index is 13.5. The second kappa shape index (κ2) is 8.81. The summed E-state index contributed by atoms with van der Waals surface area (Å²) in [5.41, 5.74) is 0.622. The van der Waals surface area contributed by atoms with Crippen LogP contribution in [0.2, 0.25) is 0 Å². The first-order valence-corrected chi connectivity index (χ1v) is 12.3. The number of carbonyl (C=O) groups excluding carboxylic acids is 1. The third-order valence-corrected chi connectivity index (χ3v) is 8.86. The third-order valence-electron chi connectivity index (χ3n) is 6.15. The molecule has 1 saturated carbocycles. The van der Waals surface area contributed by atoms with Crippen LogP contribution in [-0.4, -0.2) is 67.1 Å². The summed E-state index contributed by atoms with van der Waals surface area (Å²) in [5, 5.41) is 0. The summed E-state index contributed by atoms with van der Waals surface area (Å²) in [5.74, 6) is 0.159. The zero-order valence-electron chi connectivity index (χ0n) is 16.7. The zero-order chi connectivity index (χ0) is 20.4. The number of carbonyl (C=O) groups is 1. The molecule has 0 spiro atoms. The summed E-state index contributed by atoms with van der Waals surface area (Å²) in [6.07, 6.45) is 3.84. The monoisotopic (exact) mass is 471 g/mol. The van der Waals surface area contributed by atoms with Gasteiger partial charge in [-0.1, -0.05) is 54.8 Å². The van der Waals surface area contributed by atoms with Gasteiger partial charge in [0.1, 0.15) is 0 Å². The Balaban J connectivity index is 1.74. The highest BCUT2D eigenvalue weighted by atomic mass is 79.9. The lowest BCUT2D eigenvalue weighted by molar-refractivity contribution is -0.138. The van der Waals surface area contributed by atoms with E-state index in [1.807, 2.05) is 43.0 Å². The maximum Gasteiger partial charge on any atom is 0.282 e. The standard InChI is InChI=1S/C20H30BrN3O3S/c1-3-23(4-2)28(26,27)24-15-13-22(14-16-24)19(25)20(11-5-6-12-20)17-7-9-18(21)10-8-17/h7-10H,3-6,11-16H2,1-2H3. The van der Waals surface area contributed by atoms with Crippen LogP contribution in [0.1, 0.15) is 45.1 Å². The molecule has 2 fully saturated rings. The van der Waals surface area contributed by atoms with Gasteiger partial charge < -0.3 is 4.90 Å². The molecule has 28 heavy (non-hydrogen) atoms. The topological polar surface area (TPSA) is 60.9 Å². The maximum absolute atomic E-state index is 13.5. The molecule has 0 radical (unpaired) electrons. The van der Waals surface area contributed by atoms with Gasteiger partial charge in [0.25, 0.3) is 10.2 Å². The Morgan fingerprint density at radius 3 is 2.07 bits per heavy atom. The fraction of sp³-hybridized carbons (Fsp3) is 0.650. The molecule has 1 aliphatic carbocycles. The van der Waals surface area contributed by atoms with Crippen molar-refractivity contribution in [2.45, 2.75) is 44.9 Å². The largest absolute Gasteiger partial charge is 0.339 e. The lowest BCUT2D eigenvalue weighted by atomic mass is 9.77. The Labute approximate surface area is 177 Å². The number of hydrogen-bond acceptors (Lipinski definition) is 3. The fourth-order valence-corrected chi connectivity index (χ4v) is 6.38. The molecule has 1 aromatic carbocycles. The van der Waals surface area contributed by atoms with E-state index in [1.165, 1.54) is 8.61 Å². The summed E-state index contributed by atoms with van der Waals surface area (Å²) in [6.45, 7) is 6.26. The molecule has 6 nitrogen and oxygen atoms in total. The fourth-order valence-electron chi connectivity index (χ4n) is 4.51. The van der Waals surface area contributed by atoms with E-state index in [4.69, 9.17) is 0 Å². The van der Waals surface area contributed by atoms with Gasteiger partial charge in [-0.3, -0.25) is 4.79 Å². The van der Waals surface area contributed by atoms with Crippen molar-refractivity contribution in [3.05, 3.63) is 34.3 Å². The van der Waals surface area contributed by atoms with Crippen LogP contribution in [0.15, 0.2) is 28.7 Å². The van der Waals surface area contributed by atoms with Crippen LogP contribution in [0.4, 0.5) is 0 Å². The summed E-state index contributed by atoms with van der Waals surface area (Å²) in [7, 11) is -3.44. The summed E-state index contributed by atoms with van der Waals surface area (Å²) in [4.78, 5) is 15.4. The van der Waals surface area contributed by atoms with Crippen LogP contribution in [0.25, 0.3) is 0 Å². The predicted molar refractivity (Wildman–Crippen MR) is 114 cm³/mol. The van der Waals surface area contributed by atoms with Crippen molar-refractivity contribution < 1.29 is 13.2 Å². The molecule has 0 atom stereocenters. The van der Waals surface area contributed by atoms with Crippen molar-refractivity contribution >= 4 is 32.0 Å². The summed E-state index contributed by atoms with van der Waals surface area (Å²) < 4.78 is 29.5. The second-order valence-corrected chi connectivity index (χ2v) is 10.4. The SMILES string of the molecule is CCN(CC)S(=O)(=O)N1CCN(C(=O)C2(c3ccc(Br)cc3)CCCC2)CC1. The quantitative estimate of drug-likeness (QED) is 0.640. The molecule has 0 bridgehead atoms. The highest BCUT2D eigenvalue weighted by Crippen LogP contribution is 2.43. The molecule has 1 aliphatic heterocycles. The van der Waals surface area contributed by atoms with Gasteiger partial charge in [0.05, 0.1) is 5.41 Å². The molecular weight excluding hydrogens is 442 g/mol. The van der Waals surface area contributed by atoms with E-state index in [0.717, 1.165) is 35.7 Å². The Hall–Kier alpha value is -0.960. The minimum absolute atomic E-state index is 0.159. The van der Waals surface area contributed by atoms with E-state index < -0.39 is 15.6 Å². The van der Waals surface area contributed by atoms with Crippen LogP contribution < -0.4 is 0 Å². The average Bonchev–Trinajstić information content (AvgIpc) is 3.20. The highest BCUT2D eigenvalue weighted by Gasteiger charge is 2.46. The molecule has 0 unspecified atom stereocenters. The van der Waals surface area contributed by atoms with Crippen molar-refractivity contribution in [3.63, 3.8) is 0 Å². The molecule has 1 heterocycles. The van der Waals surface area contributed by atoms with Crippen molar-refractivity contribution in [3.8, 4) is 0 Å². The van der Waals surface area contributed by atoms with Crippen LogP contribution in [0.3, 0.4) is 0 Å². The van der Waals surface area contributed by atoms with E-state index in [-0.39, 0.29) is 5.91 Å². The second-order valence-electron chi connectivity index (χ2n) is 7.58. The Bertz CT molecular complexity index is 779. The van der Waals surface area contributed by atoms with Gasteiger partial charge in [-0.2, -0.15) is 17.0 Å². The number of nitrogens with zero attached hydrogens (tertiary/aromatic N) is 3. The molecule has 1 amide bonds. The third kappa shape index (κ3) is 4.01. The summed E-state index contributed by atoms with van der Waals surface area (Å²) in [6, 6.07) is 8.09. The van der Waals surface area contributed by atoms with Crippen LogP contribution in [0.5, 0.6) is 0 Å². The Morgan fingerprint density at radius 1 is 1.04 bits per heavy atom. The van der Waals surface area contributed by atoms with E-state index in [2.05, 4.69) is 15.9 Å². The molecule has 156 valence electrons. The van der Waals surface area contributed by atoms with Crippen molar-refractivity contribution in [1.29, 1.82) is 0 Å². The number of amides is 1. The normalized spacial score (nSPS) is 20.6. The van der Waals surface area contributed by atoms with E-state index in [1.54, 1.807) is 0 Å². The van der Waals surface area contributed by atoms with Crippen LogP contribution in [0, 0.1) is 0 Å². The molecule has 8 heteroatoms. The minimum atomic E-state index is -3.44. The average molecular weight is 472 g/mol.